The number of hydrogen-bond acceptors (Lipinski definition) is 5. The van der Waals surface area contributed by atoms with Gasteiger partial charge in [0, 0.05) is 18.2 Å². The maximum atomic E-state index is 13.4. The van der Waals surface area contributed by atoms with Gasteiger partial charge in [0.2, 0.25) is 5.91 Å². The van der Waals surface area contributed by atoms with Gasteiger partial charge in [0.1, 0.15) is 5.82 Å². The molecule has 0 radical (unpaired) electrons. The van der Waals surface area contributed by atoms with Crippen LogP contribution in [0.1, 0.15) is 51.9 Å². The van der Waals surface area contributed by atoms with Gasteiger partial charge in [-0.3, -0.25) is 9.36 Å². The second kappa shape index (κ2) is 9.92. The van der Waals surface area contributed by atoms with Crippen LogP contribution in [0.4, 0.5) is 4.39 Å². The molecule has 8 heteroatoms. The van der Waals surface area contributed by atoms with Gasteiger partial charge in [0.25, 0.3) is 0 Å². The Morgan fingerprint density at radius 1 is 1.20 bits per heavy atom. The lowest BCUT2D eigenvalue weighted by molar-refractivity contribution is -0.121. The minimum atomic E-state index is -0.286. The summed E-state index contributed by atoms with van der Waals surface area (Å²) < 4.78 is 21.2. The first-order chi connectivity index (χ1) is 14.6. The van der Waals surface area contributed by atoms with Crippen molar-refractivity contribution in [2.24, 2.45) is 0 Å². The lowest BCUT2D eigenvalue weighted by Gasteiger charge is -2.24. The SMILES string of the molecule is CC(Sc1nnc(-c2ccc(F)cc2)n1CC1CCCO1)C(=O)NC1CCCCC1. The number of carbonyl (C=O) groups is 1. The number of aromatic nitrogens is 3. The number of thioether (sulfide) groups is 1. The van der Waals surface area contributed by atoms with Crippen molar-refractivity contribution in [2.75, 3.05) is 6.61 Å². The van der Waals surface area contributed by atoms with Crippen LogP contribution in [0.5, 0.6) is 0 Å². The van der Waals surface area contributed by atoms with Crippen LogP contribution < -0.4 is 5.32 Å². The molecule has 1 saturated carbocycles. The van der Waals surface area contributed by atoms with Gasteiger partial charge in [0.05, 0.1) is 17.9 Å². The Morgan fingerprint density at radius 2 is 1.97 bits per heavy atom. The molecule has 2 aromatic rings. The zero-order valence-electron chi connectivity index (χ0n) is 17.3. The predicted octanol–water partition coefficient (Wildman–Crippen LogP) is 4.19. The number of ether oxygens (including phenoxy) is 1. The molecule has 4 rings (SSSR count). The summed E-state index contributed by atoms with van der Waals surface area (Å²) in [5.41, 5.74) is 0.799. The number of hydrogen-bond donors (Lipinski definition) is 1. The van der Waals surface area contributed by atoms with Crippen molar-refractivity contribution in [1.29, 1.82) is 0 Å². The van der Waals surface area contributed by atoms with E-state index >= 15 is 0 Å². The second-order valence-corrected chi connectivity index (χ2v) is 9.47. The molecular weight excluding hydrogens is 403 g/mol. The lowest BCUT2D eigenvalue weighted by Crippen LogP contribution is -2.40. The molecule has 1 saturated heterocycles. The number of benzene rings is 1. The van der Waals surface area contributed by atoms with Gasteiger partial charge >= 0.3 is 0 Å². The maximum Gasteiger partial charge on any atom is 0.233 e. The highest BCUT2D eigenvalue weighted by Gasteiger charge is 2.26. The number of rotatable bonds is 7. The van der Waals surface area contributed by atoms with Crippen LogP contribution in [0.15, 0.2) is 29.4 Å². The van der Waals surface area contributed by atoms with E-state index in [2.05, 4.69) is 15.5 Å². The molecule has 1 aliphatic heterocycles. The van der Waals surface area contributed by atoms with Gasteiger partial charge in [-0.25, -0.2) is 4.39 Å². The van der Waals surface area contributed by atoms with E-state index < -0.39 is 0 Å². The minimum absolute atomic E-state index is 0.0434. The average Bonchev–Trinajstić information content (AvgIpc) is 3.40. The summed E-state index contributed by atoms with van der Waals surface area (Å²) in [5.74, 6) is 0.432. The predicted molar refractivity (Wildman–Crippen MR) is 115 cm³/mol. The van der Waals surface area contributed by atoms with Crippen molar-refractivity contribution in [3.63, 3.8) is 0 Å². The molecule has 2 heterocycles. The number of amides is 1. The summed E-state index contributed by atoms with van der Waals surface area (Å²) in [4.78, 5) is 12.7. The molecule has 30 heavy (non-hydrogen) atoms. The first-order valence-corrected chi connectivity index (χ1v) is 11.8. The van der Waals surface area contributed by atoms with Gasteiger partial charge in [-0.2, -0.15) is 0 Å². The standard InChI is InChI=1S/C22H29FN4O2S/c1-15(21(28)24-18-6-3-2-4-7-18)30-22-26-25-20(16-9-11-17(23)12-10-16)27(22)14-19-8-5-13-29-19/h9-12,15,18-19H,2-8,13-14H2,1H3,(H,24,28). The van der Waals surface area contributed by atoms with E-state index in [0.29, 0.717) is 17.5 Å². The van der Waals surface area contributed by atoms with E-state index in [1.54, 1.807) is 12.1 Å². The van der Waals surface area contributed by atoms with Gasteiger partial charge in [-0.15, -0.1) is 10.2 Å². The topological polar surface area (TPSA) is 69.0 Å². The monoisotopic (exact) mass is 432 g/mol. The summed E-state index contributed by atoms with van der Waals surface area (Å²) >= 11 is 1.42. The molecule has 1 aliphatic carbocycles. The molecular formula is C22H29FN4O2S. The van der Waals surface area contributed by atoms with Crippen molar-refractivity contribution in [3.8, 4) is 11.4 Å². The van der Waals surface area contributed by atoms with Crippen molar-refractivity contribution in [1.82, 2.24) is 20.1 Å². The van der Waals surface area contributed by atoms with Crippen molar-refractivity contribution in [3.05, 3.63) is 30.1 Å². The van der Waals surface area contributed by atoms with Crippen molar-refractivity contribution >= 4 is 17.7 Å². The van der Waals surface area contributed by atoms with E-state index in [0.717, 1.165) is 37.9 Å². The van der Waals surface area contributed by atoms with E-state index in [4.69, 9.17) is 4.74 Å². The van der Waals surface area contributed by atoms with E-state index in [1.165, 1.54) is 43.2 Å². The number of nitrogens with one attached hydrogen (secondary N) is 1. The van der Waals surface area contributed by atoms with Crippen LogP contribution in [0.25, 0.3) is 11.4 Å². The first-order valence-electron chi connectivity index (χ1n) is 10.9. The zero-order valence-corrected chi connectivity index (χ0v) is 18.2. The lowest BCUT2D eigenvalue weighted by atomic mass is 9.95. The third-order valence-corrected chi connectivity index (χ3v) is 6.91. The van der Waals surface area contributed by atoms with Crippen LogP contribution in [-0.4, -0.2) is 44.7 Å². The molecule has 1 aromatic carbocycles. The molecule has 2 atom stereocenters. The number of halogens is 1. The summed E-state index contributed by atoms with van der Waals surface area (Å²) in [6, 6.07) is 6.55. The van der Waals surface area contributed by atoms with E-state index in [1.807, 2.05) is 11.5 Å². The Balaban J connectivity index is 1.51. The van der Waals surface area contributed by atoms with Crippen LogP contribution in [-0.2, 0) is 16.1 Å². The minimum Gasteiger partial charge on any atom is -0.376 e. The van der Waals surface area contributed by atoms with E-state index in [-0.39, 0.29) is 29.1 Å². The molecule has 2 aliphatic rings. The fraction of sp³-hybridized carbons (Fsp3) is 0.591. The Labute approximate surface area is 181 Å². The molecule has 1 amide bonds. The molecule has 0 spiro atoms. The third-order valence-electron chi connectivity index (χ3n) is 5.83. The fourth-order valence-electron chi connectivity index (χ4n) is 4.12. The highest BCUT2D eigenvalue weighted by Crippen LogP contribution is 2.29. The summed E-state index contributed by atoms with van der Waals surface area (Å²) in [7, 11) is 0. The zero-order chi connectivity index (χ0) is 20.9. The maximum absolute atomic E-state index is 13.4. The second-order valence-electron chi connectivity index (χ2n) is 8.16. The summed E-state index contributed by atoms with van der Waals surface area (Å²) in [6.45, 7) is 3.30. The number of carbonyl (C=O) groups excluding carboxylic acids is 1. The quantitative estimate of drug-likeness (QED) is 0.665. The third kappa shape index (κ3) is 5.21. The van der Waals surface area contributed by atoms with Crippen LogP contribution in [0, 0.1) is 5.82 Å². The Kier molecular flexibility index (Phi) is 7.04. The molecule has 1 N–H and O–H groups in total. The molecule has 0 bridgehead atoms. The average molecular weight is 433 g/mol. The smallest absolute Gasteiger partial charge is 0.233 e. The largest absolute Gasteiger partial charge is 0.376 e. The first kappa shape index (κ1) is 21.3. The Morgan fingerprint density at radius 3 is 2.67 bits per heavy atom. The van der Waals surface area contributed by atoms with E-state index in [9.17, 15) is 9.18 Å². The highest BCUT2D eigenvalue weighted by atomic mass is 32.2. The number of nitrogens with zero attached hydrogens (tertiary/aromatic N) is 3. The molecule has 2 unspecified atom stereocenters. The highest BCUT2D eigenvalue weighted by molar-refractivity contribution is 8.00. The molecule has 2 fully saturated rings. The van der Waals surface area contributed by atoms with Gasteiger partial charge < -0.3 is 10.1 Å². The van der Waals surface area contributed by atoms with Gasteiger partial charge in [-0.05, 0) is 56.9 Å². The summed E-state index contributed by atoms with van der Waals surface area (Å²) in [6.07, 6.45) is 7.89. The van der Waals surface area contributed by atoms with Crippen LogP contribution >= 0.6 is 11.8 Å². The van der Waals surface area contributed by atoms with Crippen molar-refractivity contribution in [2.45, 2.75) is 81.0 Å². The Bertz CT molecular complexity index is 845. The Hall–Kier alpha value is -1.93. The molecule has 1 aromatic heterocycles. The van der Waals surface area contributed by atoms with Crippen LogP contribution in [0.3, 0.4) is 0 Å². The molecule has 6 nitrogen and oxygen atoms in total. The van der Waals surface area contributed by atoms with Gasteiger partial charge in [0.15, 0.2) is 11.0 Å². The van der Waals surface area contributed by atoms with Crippen LogP contribution in [0.2, 0.25) is 0 Å². The van der Waals surface area contributed by atoms with Gasteiger partial charge in [-0.1, -0.05) is 31.0 Å². The normalized spacial score (nSPS) is 20.9. The summed E-state index contributed by atoms with van der Waals surface area (Å²) in [5, 5.41) is 12.3. The molecule has 162 valence electrons. The fourth-order valence-corrected chi connectivity index (χ4v) is 4.99. The van der Waals surface area contributed by atoms with Crippen molar-refractivity contribution < 1.29 is 13.9 Å².